The number of nitro groups is 1. The Hall–Kier alpha value is -3.63. The zero-order valence-corrected chi connectivity index (χ0v) is 21.0. The largest absolute Gasteiger partial charge is 0.497 e. The van der Waals surface area contributed by atoms with E-state index in [0.717, 1.165) is 5.69 Å². The Morgan fingerprint density at radius 1 is 1.14 bits per heavy atom. The van der Waals surface area contributed by atoms with E-state index in [1.54, 1.807) is 43.5 Å². The molecule has 0 aliphatic carbocycles. The molecule has 0 aliphatic rings. The molecule has 1 aromatic heterocycles. The number of rotatable bonds is 10. The molecule has 0 unspecified atom stereocenters. The van der Waals surface area contributed by atoms with Crippen molar-refractivity contribution in [2.45, 2.75) is 23.9 Å². The van der Waals surface area contributed by atoms with Gasteiger partial charge in [0.15, 0.2) is 5.16 Å². The number of nitrogens with zero attached hydrogens (tertiary/aromatic N) is 4. The standard InChI is InChI=1S/C25H22ClFN4O4S/c1-16-28-29-25(31(16)19-8-10-20(34-2)11-9-19)36-24(14-30(32)33)17-7-12-23(21(26)13-17)35-15-18-5-3-4-6-22(18)27/h3-13,24H,14-15H2,1-2H3/t24-/m1/s1. The molecule has 36 heavy (non-hydrogen) atoms. The zero-order valence-electron chi connectivity index (χ0n) is 19.4. The molecule has 0 saturated heterocycles. The topological polar surface area (TPSA) is 92.3 Å². The number of thioether (sulfide) groups is 1. The molecule has 0 radical (unpaired) electrons. The third-order valence-corrected chi connectivity index (χ3v) is 6.83. The first kappa shape index (κ1) is 25.5. The van der Waals surface area contributed by atoms with Crippen LogP contribution in [0.3, 0.4) is 0 Å². The lowest BCUT2D eigenvalue weighted by Gasteiger charge is -2.16. The van der Waals surface area contributed by atoms with Crippen LogP contribution in [0.1, 0.15) is 22.2 Å². The smallest absolute Gasteiger partial charge is 0.220 e. The van der Waals surface area contributed by atoms with Gasteiger partial charge in [0.2, 0.25) is 6.54 Å². The summed E-state index contributed by atoms with van der Waals surface area (Å²) in [6, 6.07) is 18.6. The monoisotopic (exact) mass is 528 g/mol. The Morgan fingerprint density at radius 3 is 2.56 bits per heavy atom. The van der Waals surface area contributed by atoms with Gasteiger partial charge in [-0.2, -0.15) is 0 Å². The first-order chi connectivity index (χ1) is 17.4. The minimum Gasteiger partial charge on any atom is -0.497 e. The van der Waals surface area contributed by atoms with Crippen molar-refractivity contribution in [3.8, 4) is 17.2 Å². The average Bonchev–Trinajstić information content (AvgIpc) is 3.23. The third-order valence-electron chi connectivity index (χ3n) is 5.36. The van der Waals surface area contributed by atoms with Crippen LogP contribution in [-0.2, 0) is 6.61 Å². The highest BCUT2D eigenvalue weighted by Gasteiger charge is 2.24. The molecular weight excluding hydrogens is 507 g/mol. The zero-order chi connectivity index (χ0) is 25.7. The van der Waals surface area contributed by atoms with E-state index >= 15 is 0 Å². The number of hydrogen-bond donors (Lipinski definition) is 0. The summed E-state index contributed by atoms with van der Waals surface area (Å²) in [4.78, 5) is 11.1. The van der Waals surface area contributed by atoms with Crippen molar-refractivity contribution in [2.24, 2.45) is 0 Å². The van der Waals surface area contributed by atoms with Crippen LogP contribution < -0.4 is 9.47 Å². The summed E-state index contributed by atoms with van der Waals surface area (Å²) in [5.41, 5.74) is 1.82. The molecule has 1 atom stereocenters. The van der Waals surface area contributed by atoms with Crippen molar-refractivity contribution in [1.29, 1.82) is 0 Å². The summed E-state index contributed by atoms with van der Waals surface area (Å²) in [6.07, 6.45) is 0. The molecule has 0 fully saturated rings. The summed E-state index contributed by atoms with van der Waals surface area (Å²) in [6.45, 7) is 1.45. The summed E-state index contributed by atoms with van der Waals surface area (Å²) >= 11 is 7.65. The molecule has 3 aromatic carbocycles. The first-order valence-corrected chi connectivity index (χ1v) is 12.1. The molecule has 1 heterocycles. The van der Waals surface area contributed by atoms with E-state index in [2.05, 4.69) is 10.2 Å². The molecule has 0 bridgehead atoms. The predicted octanol–water partition coefficient (Wildman–Crippen LogP) is 6.07. The van der Waals surface area contributed by atoms with Gasteiger partial charge in [-0.05, 0) is 55.0 Å². The number of halogens is 2. The minimum atomic E-state index is -0.598. The SMILES string of the molecule is COc1ccc(-n2c(C)nnc2S[C@H](C[N+](=O)[O-])c2ccc(OCc3ccccc3F)c(Cl)c2)cc1. The number of benzene rings is 3. The summed E-state index contributed by atoms with van der Waals surface area (Å²) < 4.78 is 26.6. The fraction of sp³-hybridized carbons (Fsp3) is 0.200. The minimum absolute atomic E-state index is 0.00303. The molecule has 0 amide bonds. The van der Waals surface area contributed by atoms with E-state index in [4.69, 9.17) is 21.1 Å². The van der Waals surface area contributed by atoms with Crippen LogP contribution in [0.4, 0.5) is 4.39 Å². The van der Waals surface area contributed by atoms with Gasteiger partial charge in [0.1, 0.15) is 35.0 Å². The highest BCUT2D eigenvalue weighted by Crippen LogP contribution is 2.39. The van der Waals surface area contributed by atoms with Crippen LogP contribution in [0, 0.1) is 22.9 Å². The normalized spacial score (nSPS) is 11.8. The van der Waals surface area contributed by atoms with E-state index in [9.17, 15) is 14.5 Å². The number of methoxy groups -OCH3 is 1. The number of aromatic nitrogens is 3. The molecule has 0 N–H and O–H groups in total. The fourth-order valence-corrected chi connectivity index (χ4v) is 4.93. The number of hydrogen-bond acceptors (Lipinski definition) is 7. The highest BCUT2D eigenvalue weighted by molar-refractivity contribution is 7.99. The van der Waals surface area contributed by atoms with Crippen molar-refractivity contribution in [3.63, 3.8) is 0 Å². The van der Waals surface area contributed by atoms with Gasteiger partial charge in [0, 0.05) is 16.2 Å². The van der Waals surface area contributed by atoms with Gasteiger partial charge in [0.25, 0.3) is 0 Å². The maximum Gasteiger partial charge on any atom is 0.220 e. The molecule has 11 heteroatoms. The van der Waals surface area contributed by atoms with Gasteiger partial charge in [0.05, 0.1) is 12.1 Å². The van der Waals surface area contributed by atoms with Gasteiger partial charge in [-0.3, -0.25) is 14.7 Å². The Labute approximate surface area is 216 Å². The highest BCUT2D eigenvalue weighted by atomic mass is 35.5. The maximum atomic E-state index is 13.9. The van der Waals surface area contributed by atoms with E-state index in [1.807, 2.05) is 35.8 Å². The molecule has 4 aromatic rings. The third kappa shape index (κ3) is 5.95. The van der Waals surface area contributed by atoms with E-state index in [0.29, 0.717) is 33.6 Å². The maximum absolute atomic E-state index is 13.9. The molecule has 4 rings (SSSR count). The van der Waals surface area contributed by atoms with Gasteiger partial charge >= 0.3 is 0 Å². The number of aryl methyl sites for hydroxylation is 1. The van der Waals surface area contributed by atoms with Crippen LogP contribution in [0.2, 0.25) is 5.02 Å². The summed E-state index contributed by atoms with van der Waals surface area (Å²) in [5.74, 6) is 1.32. The Morgan fingerprint density at radius 2 is 1.89 bits per heavy atom. The summed E-state index contributed by atoms with van der Waals surface area (Å²) in [5, 5.41) is 20.1. The number of ether oxygens (including phenoxy) is 2. The Balaban J connectivity index is 1.57. The molecule has 0 saturated carbocycles. The molecule has 186 valence electrons. The van der Waals surface area contributed by atoms with Crippen LogP contribution in [0.15, 0.2) is 71.9 Å². The summed E-state index contributed by atoms with van der Waals surface area (Å²) in [7, 11) is 1.59. The molecule has 8 nitrogen and oxygen atoms in total. The second-order valence-corrected chi connectivity index (χ2v) is 9.33. The molecule has 0 spiro atoms. The average molecular weight is 529 g/mol. The van der Waals surface area contributed by atoms with Crippen molar-refractivity contribution in [1.82, 2.24) is 14.8 Å². The lowest BCUT2D eigenvalue weighted by molar-refractivity contribution is -0.479. The predicted molar refractivity (Wildman–Crippen MR) is 135 cm³/mol. The van der Waals surface area contributed by atoms with Crippen molar-refractivity contribution in [3.05, 3.63) is 105 Å². The van der Waals surface area contributed by atoms with E-state index in [1.165, 1.54) is 17.8 Å². The molecule has 0 aliphatic heterocycles. The van der Waals surface area contributed by atoms with Gasteiger partial charge in [-0.25, -0.2) is 4.39 Å². The second-order valence-electron chi connectivity index (χ2n) is 7.75. The van der Waals surface area contributed by atoms with Gasteiger partial charge in [-0.15, -0.1) is 10.2 Å². The van der Waals surface area contributed by atoms with E-state index in [-0.39, 0.29) is 28.9 Å². The van der Waals surface area contributed by atoms with Crippen LogP contribution in [-0.4, -0.2) is 33.3 Å². The van der Waals surface area contributed by atoms with Crippen molar-refractivity contribution >= 4 is 23.4 Å². The van der Waals surface area contributed by atoms with Gasteiger partial charge < -0.3 is 9.47 Å². The van der Waals surface area contributed by atoms with Gasteiger partial charge in [-0.1, -0.05) is 47.6 Å². The quantitative estimate of drug-likeness (QED) is 0.140. The molecular formula is C25H22ClFN4O4S. The van der Waals surface area contributed by atoms with Crippen molar-refractivity contribution in [2.75, 3.05) is 13.7 Å². The Bertz CT molecular complexity index is 1370. The fourth-order valence-electron chi connectivity index (χ4n) is 3.53. The van der Waals surface area contributed by atoms with Crippen LogP contribution in [0.25, 0.3) is 5.69 Å². The first-order valence-electron chi connectivity index (χ1n) is 10.9. The van der Waals surface area contributed by atoms with Crippen LogP contribution >= 0.6 is 23.4 Å². The second kappa shape index (κ2) is 11.4. The Kier molecular flexibility index (Phi) is 8.07. The van der Waals surface area contributed by atoms with Crippen LogP contribution in [0.5, 0.6) is 11.5 Å². The van der Waals surface area contributed by atoms with E-state index < -0.39 is 5.25 Å². The lowest BCUT2D eigenvalue weighted by Crippen LogP contribution is -2.11. The van der Waals surface area contributed by atoms with Crippen molar-refractivity contribution < 1.29 is 18.8 Å². The lowest BCUT2D eigenvalue weighted by atomic mass is 10.1.